The standard InChI is InChI=1S/C13H15BrN2O3/c14-7-2-8-15-12-6-5-11(16(18)19)9-10(12)3-1-4-13(15)17/h5-6,9H,1-4,7-8H2. The number of rotatable bonds is 4. The van der Waals surface area contributed by atoms with Crippen LogP contribution in [0.1, 0.15) is 24.8 Å². The summed E-state index contributed by atoms with van der Waals surface area (Å²) in [7, 11) is 0. The number of aryl methyl sites for hydroxylation is 1. The lowest BCUT2D eigenvalue weighted by Gasteiger charge is -2.22. The summed E-state index contributed by atoms with van der Waals surface area (Å²) in [6, 6.07) is 4.76. The van der Waals surface area contributed by atoms with Crippen LogP contribution in [-0.4, -0.2) is 22.7 Å². The van der Waals surface area contributed by atoms with Crippen molar-refractivity contribution in [2.75, 3.05) is 16.8 Å². The van der Waals surface area contributed by atoms with Gasteiger partial charge in [-0.2, -0.15) is 0 Å². The third-order valence-corrected chi connectivity index (χ3v) is 3.78. The van der Waals surface area contributed by atoms with Crippen LogP contribution in [0.25, 0.3) is 0 Å². The first-order valence-corrected chi connectivity index (χ1v) is 7.39. The van der Waals surface area contributed by atoms with Gasteiger partial charge in [0.1, 0.15) is 0 Å². The first-order chi connectivity index (χ1) is 9.13. The predicted octanol–water partition coefficient (Wildman–Crippen LogP) is 3.05. The molecule has 0 saturated heterocycles. The lowest BCUT2D eigenvalue weighted by Crippen LogP contribution is -2.31. The minimum absolute atomic E-state index is 0.0912. The molecule has 0 aromatic heterocycles. The summed E-state index contributed by atoms with van der Waals surface area (Å²) in [6.07, 6.45) is 2.83. The van der Waals surface area contributed by atoms with Crippen molar-refractivity contribution in [3.05, 3.63) is 33.9 Å². The molecule has 2 rings (SSSR count). The fourth-order valence-electron chi connectivity index (χ4n) is 2.31. The molecule has 0 N–H and O–H groups in total. The molecule has 0 radical (unpaired) electrons. The topological polar surface area (TPSA) is 63.4 Å². The van der Waals surface area contributed by atoms with Gasteiger partial charge in [-0.25, -0.2) is 0 Å². The van der Waals surface area contributed by atoms with Crippen LogP contribution in [0.3, 0.4) is 0 Å². The van der Waals surface area contributed by atoms with Gasteiger partial charge in [0.05, 0.1) is 4.92 Å². The summed E-state index contributed by atoms with van der Waals surface area (Å²) in [6.45, 7) is 0.648. The maximum atomic E-state index is 12.1. The lowest BCUT2D eigenvalue weighted by molar-refractivity contribution is -0.384. The molecule has 1 amide bonds. The third kappa shape index (κ3) is 3.12. The summed E-state index contributed by atoms with van der Waals surface area (Å²) in [5.41, 5.74) is 1.82. The molecule has 0 aliphatic carbocycles. The van der Waals surface area contributed by atoms with Gasteiger partial charge in [0.15, 0.2) is 0 Å². The number of nitro groups is 1. The van der Waals surface area contributed by atoms with E-state index in [4.69, 9.17) is 0 Å². The zero-order chi connectivity index (χ0) is 13.8. The van der Waals surface area contributed by atoms with Gasteiger partial charge in [0, 0.05) is 36.1 Å². The second-order valence-electron chi connectivity index (χ2n) is 4.51. The zero-order valence-electron chi connectivity index (χ0n) is 10.5. The average molecular weight is 327 g/mol. The Morgan fingerprint density at radius 3 is 2.84 bits per heavy atom. The highest BCUT2D eigenvalue weighted by Gasteiger charge is 2.23. The number of carbonyl (C=O) groups is 1. The van der Waals surface area contributed by atoms with Crippen molar-refractivity contribution in [1.29, 1.82) is 0 Å². The monoisotopic (exact) mass is 326 g/mol. The Labute approximate surface area is 119 Å². The number of benzene rings is 1. The Hall–Kier alpha value is -1.43. The van der Waals surface area contributed by atoms with Crippen molar-refractivity contribution in [3.63, 3.8) is 0 Å². The molecule has 6 heteroatoms. The highest BCUT2D eigenvalue weighted by Crippen LogP contribution is 2.30. The van der Waals surface area contributed by atoms with Crippen molar-refractivity contribution < 1.29 is 9.72 Å². The first-order valence-electron chi connectivity index (χ1n) is 6.27. The number of anilines is 1. The number of alkyl halides is 1. The second-order valence-corrected chi connectivity index (χ2v) is 5.30. The van der Waals surface area contributed by atoms with E-state index in [1.807, 2.05) is 0 Å². The number of nitro benzene ring substituents is 1. The molecule has 1 aromatic rings. The summed E-state index contributed by atoms with van der Waals surface area (Å²) in [5, 5.41) is 11.6. The Bertz CT molecular complexity index is 505. The Balaban J connectivity index is 2.37. The van der Waals surface area contributed by atoms with Gasteiger partial charge >= 0.3 is 0 Å². The van der Waals surface area contributed by atoms with Gasteiger partial charge in [-0.1, -0.05) is 15.9 Å². The molecular weight excluding hydrogens is 312 g/mol. The highest BCUT2D eigenvalue weighted by atomic mass is 79.9. The van der Waals surface area contributed by atoms with Gasteiger partial charge in [-0.15, -0.1) is 0 Å². The molecule has 0 atom stereocenters. The predicted molar refractivity (Wildman–Crippen MR) is 76.8 cm³/mol. The highest BCUT2D eigenvalue weighted by molar-refractivity contribution is 9.09. The molecule has 0 saturated carbocycles. The first kappa shape index (κ1) is 14.0. The molecule has 0 bridgehead atoms. The van der Waals surface area contributed by atoms with Crippen LogP contribution in [0.4, 0.5) is 11.4 Å². The number of halogens is 1. The summed E-state index contributed by atoms with van der Waals surface area (Å²) >= 11 is 3.36. The van der Waals surface area contributed by atoms with Crippen molar-refractivity contribution in [1.82, 2.24) is 0 Å². The quantitative estimate of drug-likeness (QED) is 0.485. The normalized spacial score (nSPS) is 15.0. The van der Waals surface area contributed by atoms with E-state index in [2.05, 4.69) is 15.9 Å². The van der Waals surface area contributed by atoms with E-state index < -0.39 is 4.92 Å². The van der Waals surface area contributed by atoms with E-state index in [1.54, 1.807) is 17.0 Å². The SMILES string of the molecule is O=C1CCCc2cc([N+](=O)[O-])ccc2N1CCCBr. The zero-order valence-corrected chi connectivity index (χ0v) is 12.1. The van der Waals surface area contributed by atoms with Gasteiger partial charge < -0.3 is 4.90 Å². The molecule has 1 aliphatic heterocycles. The molecule has 1 aliphatic rings. The Morgan fingerprint density at radius 2 is 2.16 bits per heavy atom. The Kier molecular flexibility index (Phi) is 4.52. The Morgan fingerprint density at radius 1 is 1.37 bits per heavy atom. The van der Waals surface area contributed by atoms with E-state index in [0.717, 1.165) is 29.4 Å². The maximum Gasteiger partial charge on any atom is 0.269 e. The van der Waals surface area contributed by atoms with Crippen molar-refractivity contribution >= 4 is 33.2 Å². The molecule has 1 heterocycles. The molecule has 0 spiro atoms. The smallest absolute Gasteiger partial charge is 0.269 e. The van der Waals surface area contributed by atoms with Crippen LogP contribution < -0.4 is 4.90 Å². The van der Waals surface area contributed by atoms with E-state index in [9.17, 15) is 14.9 Å². The number of carbonyl (C=O) groups excluding carboxylic acids is 1. The second kappa shape index (κ2) is 6.14. The maximum absolute atomic E-state index is 12.1. The minimum Gasteiger partial charge on any atom is -0.312 e. The minimum atomic E-state index is -0.393. The van der Waals surface area contributed by atoms with Crippen LogP contribution in [0.2, 0.25) is 0 Å². The molecule has 102 valence electrons. The number of amides is 1. The molecular formula is C13H15BrN2O3. The number of hydrogen-bond acceptors (Lipinski definition) is 3. The van der Waals surface area contributed by atoms with Gasteiger partial charge in [-0.05, 0) is 30.9 Å². The van der Waals surface area contributed by atoms with Crippen LogP contribution in [0.5, 0.6) is 0 Å². The number of fused-ring (bicyclic) bond motifs is 1. The number of nitrogens with zero attached hydrogens (tertiary/aromatic N) is 2. The molecule has 5 nitrogen and oxygen atoms in total. The average Bonchev–Trinajstić information content (AvgIpc) is 2.54. The largest absolute Gasteiger partial charge is 0.312 e. The number of non-ortho nitro benzene ring substituents is 1. The van der Waals surface area contributed by atoms with Gasteiger partial charge in [0.2, 0.25) is 5.91 Å². The van der Waals surface area contributed by atoms with Crippen LogP contribution in [0, 0.1) is 10.1 Å². The van der Waals surface area contributed by atoms with E-state index in [1.165, 1.54) is 6.07 Å². The summed E-state index contributed by atoms with van der Waals surface area (Å²) < 4.78 is 0. The summed E-state index contributed by atoms with van der Waals surface area (Å²) in [4.78, 5) is 24.3. The molecule has 1 aromatic carbocycles. The molecule has 0 fully saturated rings. The third-order valence-electron chi connectivity index (χ3n) is 3.22. The van der Waals surface area contributed by atoms with Gasteiger partial charge in [0.25, 0.3) is 5.69 Å². The number of hydrogen-bond donors (Lipinski definition) is 0. The molecule has 19 heavy (non-hydrogen) atoms. The van der Waals surface area contributed by atoms with Crippen molar-refractivity contribution in [3.8, 4) is 0 Å². The van der Waals surface area contributed by atoms with Gasteiger partial charge in [-0.3, -0.25) is 14.9 Å². The fourth-order valence-corrected chi connectivity index (χ4v) is 2.56. The van der Waals surface area contributed by atoms with Crippen molar-refractivity contribution in [2.45, 2.75) is 25.7 Å². The van der Waals surface area contributed by atoms with Crippen LogP contribution in [0.15, 0.2) is 18.2 Å². The van der Waals surface area contributed by atoms with E-state index in [-0.39, 0.29) is 11.6 Å². The fraction of sp³-hybridized carbons (Fsp3) is 0.462. The molecule has 0 unspecified atom stereocenters. The van der Waals surface area contributed by atoms with E-state index in [0.29, 0.717) is 19.4 Å². The summed E-state index contributed by atoms with van der Waals surface area (Å²) in [5.74, 6) is 0.105. The lowest BCUT2D eigenvalue weighted by atomic mass is 10.1. The van der Waals surface area contributed by atoms with Crippen LogP contribution >= 0.6 is 15.9 Å². The van der Waals surface area contributed by atoms with Crippen LogP contribution in [-0.2, 0) is 11.2 Å². The van der Waals surface area contributed by atoms with E-state index >= 15 is 0 Å². The van der Waals surface area contributed by atoms with Crippen molar-refractivity contribution in [2.24, 2.45) is 0 Å².